The number of hydrogen-bond acceptors (Lipinski definition) is 5. The Hall–Kier alpha value is -2.75. The van der Waals surface area contributed by atoms with E-state index in [0.717, 1.165) is 18.4 Å². The van der Waals surface area contributed by atoms with Crippen molar-refractivity contribution in [2.45, 2.75) is 25.7 Å². The normalized spacial score (nSPS) is 14.4. The molecule has 1 aromatic carbocycles. The van der Waals surface area contributed by atoms with E-state index in [-0.39, 0.29) is 18.2 Å². The van der Waals surface area contributed by atoms with Gasteiger partial charge in [0.15, 0.2) is 11.5 Å². The summed E-state index contributed by atoms with van der Waals surface area (Å²) in [5.74, 6) is 1.46. The van der Waals surface area contributed by atoms with E-state index in [9.17, 15) is 9.59 Å². The third kappa shape index (κ3) is 5.38. The molecule has 0 bridgehead atoms. The van der Waals surface area contributed by atoms with Crippen LogP contribution in [0.15, 0.2) is 18.2 Å². The lowest BCUT2D eigenvalue weighted by molar-refractivity contribution is -0.132. The van der Waals surface area contributed by atoms with Gasteiger partial charge in [0, 0.05) is 19.6 Å². The van der Waals surface area contributed by atoms with E-state index in [2.05, 4.69) is 5.32 Å². The first-order chi connectivity index (χ1) is 12.6. The number of hydrogen-bond donors (Lipinski definition) is 1. The Morgan fingerprint density at radius 1 is 1.23 bits per heavy atom. The van der Waals surface area contributed by atoms with Crippen LogP contribution in [0.3, 0.4) is 0 Å². The van der Waals surface area contributed by atoms with Crippen LogP contribution in [0.4, 0.5) is 0 Å². The maximum Gasteiger partial charge on any atom is 0.234 e. The zero-order valence-corrected chi connectivity index (χ0v) is 15.3. The lowest BCUT2D eigenvalue weighted by Crippen LogP contribution is -2.42. The van der Waals surface area contributed by atoms with Crippen molar-refractivity contribution in [2.24, 2.45) is 5.92 Å². The molecule has 7 heteroatoms. The number of ether oxygens (including phenoxy) is 2. The van der Waals surface area contributed by atoms with Crippen molar-refractivity contribution < 1.29 is 19.1 Å². The molecular weight excluding hydrogens is 334 g/mol. The Bertz CT molecular complexity index is 676. The molecule has 0 saturated carbocycles. The molecule has 0 unspecified atom stereocenters. The number of methoxy groups -OCH3 is 2. The summed E-state index contributed by atoms with van der Waals surface area (Å²) in [6.07, 6.45) is 1.92. The zero-order chi connectivity index (χ0) is 18.9. The van der Waals surface area contributed by atoms with E-state index in [1.54, 1.807) is 20.3 Å². The average molecular weight is 359 g/mol. The molecule has 140 valence electrons. The first-order valence-electron chi connectivity index (χ1n) is 8.69. The number of nitrogens with zero attached hydrogens (tertiary/aromatic N) is 2. The van der Waals surface area contributed by atoms with Gasteiger partial charge in [-0.2, -0.15) is 5.26 Å². The second kappa shape index (κ2) is 9.66. The lowest BCUT2D eigenvalue weighted by atomic mass is 9.96. The Labute approximate surface area is 153 Å². The highest BCUT2D eigenvalue weighted by Gasteiger charge is 2.23. The monoisotopic (exact) mass is 359 g/mol. The number of likely N-dealkylation sites (tertiary alicyclic amines) is 1. The first-order valence-corrected chi connectivity index (χ1v) is 8.69. The standard InChI is InChI=1S/C19H25N3O4/c1-25-16-4-3-15(11-17(16)26-2)12-19(24)22-9-6-14(7-10-22)13-21-18(23)5-8-20/h3-4,11,14H,5-7,9-10,12-13H2,1-2H3,(H,21,23). The number of carbonyl (C=O) groups excluding carboxylic acids is 2. The van der Waals surface area contributed by atoms with Gasteiger partial charge >= 0.3 is 0 Å². The van der Waals surface area contributed by atoms with Crippen LogP contribution in [0.1, 0.15) is 24.8 Å². The number of carbonyl (C=O) groups is 2. The minimum absolute atomic E-state index is 0.0872. The molecule has 2 amide bonds. The molecule has 2 rings (SSSR count). The van der Waals surface area contributed by atoms with Crippen molar-refractivity contribution in [1.29, 1.82) is 5.26 Å². The molecule has 0 spiro atoms. The highest BCUT2D eigenvalue weighted by atomic mass is 16.5. The summed E-state index contributed by atoms with van der Waals surface area (Å²) in [6.45, 7) is 1.94. The van der Waals surface area contributed by atoms with Crippen LogP contribution in [-0.2, 0) is 16.0 Å². The molecule has 0 aromatic heterocycles. The van der Waals surface area contributed by atoms with Crippen LogP contribution in [-0.4, -0.2) is 50.6 Å². The fourth-order valence-corrected chi connectivity index (χ4v) is 3.06. The van der Waals surface area contributed by atoms with E-state index in [1.165, 1.54) is 0 Å². The molecule has 1 aliphatic heterocycles. The zero-order valence-electron chi connectivity index (χ0n) is 15.3. The van der Waals surface area contributed by atoms with Gasteiger partial charge in [0.2, 0.25) is 11.8 Å². The van der Waals surface area contributed by atoms with Crippen LogP contribution in [0, 0.1) is 17.2 Å². The summed E-state index contributed by atoms with van der Waals surface area (Å²) in [6, 6.07) is 7.34. The number of amides is 2. The molecule has 1 saturated heterocycles. The smallest absolute Gasteiger partial charge is 0.234 e. The predicted molar refractivity (Wildman–Crippen MR) is 95.8 cm³/mol. The maximum atomic E-state index is 12.5. The third-order valence-corrected chi connectivity index (χ3v) is 4.60. The van der Waals surface area contributed by atoms with Crippen molar-refractivity contribution >= 4 is 11.8 Å². The van der Waals surface area contributed by atoms with Gasteiger partial charge in [0.25, 0.3) is 0 Å². The summed E-state index contributed by atoms with van der Waals surface area (Å²) >= 11 is 0. The number of piperidine rings is 1. The molecule has 0 radical (unpaired) electrons. The molecule has 26 heavy (non-hydrogen) atoms. The van der Waals surface area contributed by atoms with Crippen LogP contribution < -0.4 is 14.8 Å². The van der Waals surface area contributed by atoms with E-state index in [1.807, 2.05) is 23.1 Å². The topological polar surface area (TPSA) is 91.7 Å². The van der Waals surface area contributed by atoms with Gasteiger partial charge < -0.3 is 19.7 Å². The van der Waals surface area contributed by atoms with Gasteiger partial charge in [-0.15, -0.1) is 0 Å². The summed E-state index contributed by atoms with van der Waals surface area (Å²) in [5, 5.41) is 11.3. The summed E-state index contributed by atoms with van der Waals surface area (Å²) in [7, 11) is 3.15. The van der Waals surface area contributed by atoms with Crippen LogP contribution >= 0.6 is 0 Å². The molecule has 0 atom stereocenters. The van der Waals surface area contributed by atoms with Crippen molar-refractivity contribution in [3.8, 4) is 17.6 Å². The number of nitrogens with one attached hydrogen (secondary N) is 1. The van der Waals surface area contributed by atoms with Gasteiger partial charge in [-0.3, -0.25) is 9.59 Å². The SMILES string of the molecule is COc1ccc(CC(=O)N2CCC(CNC(=O)CC#N)CC2)cc1OC. The van der Waals surface area contributed by atoms with E-state index in [4.69, 9.17) is 14.7 Å². The van der Waals surface area contributed by atoms with Gasteiger partial charge in [0.05, 0.1) is 26.7 Å². The molecule has 0 aliphatic carbocycles. The summed E-state index contributed by atoms with van der Waals surface area (Å²) in [5.41, 5.74) is 0.888. The van der Waals surface area contributed by atoms with Crippen LogP contribution in [0.25, 0.3) is 0 Å². The highest BCUT2D eigenvalue weighted by Crippen LogP contribution is 2.28. The Balaban J connectivity index is 1.81. The summed E-state index contributed by atoms with van der Waals surface area (Å²) < 4.78 is 10.5. The van der Waals surface area contributed by atoms with Crippen molar-refractivity contribution in [1.82, 2.24) is 10.2 Å². The number of benzene rings is 1. The molecule has 1 N–H and O–H groups in total. The number of rotatable bonds is 7. The Morgan fingerprint density at radius 3 is 2.54 bits per heavy atom. The number of nitriles is 1. The third-order valence-electron chi connectivity index (χ3n) is 4.60. The predicted octanol–water partition coefficient (Wildman–Crippen LogP) is 1.51. The van der Waals surface area contributed by atoms with Gasteiger partial charge in [0.1, 0.15) is 6.42 Å². The molecule has 1 heterocycles. The largest absolute Gasteiger partial charge is 0.493 e. The fourth-order valence-electron chi connectivity index (χ4n) is 3.06. The van der Waals surface area contributed by atoms with E-state index < -0.39 is 0 Å². The molecule has 1 fully saturated rings. The minimum atomic E-state index is -0.237. The molecule has 1 aromatic rings. The second-order valence-corrected chi connectivity index (χ2v) is 6.33. The molecular formula is C19H25N3O4. The summed E-state index contributed by atoms with van der Waals surface area (Å²) in [4.78, 5) is 25.7. The maximum absolute atomic E-state index is 12.5. The Morgan fingerprint density at radius 2 is 1.92 bits per heavy atom. The van der Waals surface area contributed by atoms with Crippen molar-refractivity contribution in [3.63, 3.8) is 0 Å². The van der Waals surface area contributed by atoms with Crippen molar-refractivity contribution in [2.75, 3.05) is 33.9 Å². The minimum Gasteiger partial charge on any atom is -0.493 e. The lowest BCUT2D eigenvalue weighted by Gasteiger charge is -2.32. The fraction of sp³-hybridized carbons (Fsp3) is 0.526. The average Bonchev–Trinajstić information content (AvgIpc) is 2.66. The van der Waals surface area contributed by atoms with Crippen LogP contribution in [0.5, 0.6) is 11.5 Å². The van der Waals surface area contributed by atoms with Crippen LogP contribution in [0.2, 0.25) is 0 Å². The Kier molecular flexibility index (Phi) is 7.27. The van der Waals surface area contributed by atoms with Gasteiger partial charge in [-0.25, -0.2) is 0 Å². The molecule has 7 nitrogen and oxygen atoms in total. The van der Waals surface area contributed by atoms with E-state index >= 15 is 0 Å². The van der Waals surface area contributed by atoms with Gasteiger partial charge in [-0.05, 0) is 36.5 Å². The quantitative estimate of drug-likeness (QED) is 0.797. The van der Waals surface area contributed by atoms with Crippen molar-refractivity contribution in [3.05, 3.63) is 23.8 Å². The first kappa shape index (κ1) is 19.6. The highest BCUT2D eigenvalue weighted by molar-refractivity contribution is 5.79. The molecule has 1 aliphatic rings. The second-order valence-electron chi connectivity index (χ2n) is 6.33. The van der Waals surface area contributed by atoms with E-state index in [0.29, 0.717) is 43.5 Å². The van der Waals surface area contributed by atoms with Gasteiger partial charge in [-0.1, -0.05) is 6.07 Å².